The van der Waals surface area contributed by atoms with Crippen LogP contribution in [-0.4, -0.2) is 33.7 Å². The number of thioether (sulfide) groups is 3. The van der Waals surface area contributed by atoms with Gasteiger partial charge in [0.1, 0.15) is 0 Å². The lowest BCUT2D eigenvalue weighted by atomic mass is 10.4. The van der Waals surface area contributed by atoms with Crippen molar-refractivity contribution in [3.8, 4) is 0 Å². The maximum atomic E-state index is 4.45. The molecule has 0 saturated carbocycles. The molecule has 0 amide bonds. The minimum Gasteiger partial charge on any atom is -0.196 e. The standard InChI is InChI=1S/C12H13N3S4/c1-16-8-6-4-5-7-9(8)19-12-14-10(17-2)13-11(15-12)18-3/h4-7H,1-3H3. The highest BCUT2D eigenvalue weighted by Gasteiger charge is 2.09. The molecule has 7 heteroatoms. The Hall–Kier alpha value is -0.370. The molecule has 0 N–H and O–H groups in total. The summed E-state index contributed by atoms with van der Waals surface area (Å²) in [6.45, 7) is 0. The van der Waals surface area contributed by atoms with E-state index in [0.717, 1.165) is 15.5 Å². The molecule has 0 fully saturated rings. The van der Waals surface area contributed by atoms with E-state index in [1.54, 1.807) is 23.5 Å². The zero-order chi connectivity index (χ0) is 13.7. The number of nitrogens with zero attached hydrogens (tertiary/aromatic N) is 3. The van der Waals surface area contributed by atoms with Crippen LogP contribution in [0.15, 0.2) is 49.5 Å². The van der Waals surface area contributed by atoms with Crippen LogP contribution in [0, 0.1) is 0 Å². The van der Waals surface area contributed by atoms with Crippen molar-refractivity contribution in [2.75, 3.05) is 18.8 Å². The van der Waals surface area contributed by atoms with Gasteiger partial charge in [-0.1, -0.05) is 35.7 Å². The van der Waals surface area contributed by atoms with Crippen LogP contribution < -0.4 is 0 Å². The Balaban J connectivity index is 2.32. The molecule has 2 rings (SSSR count). The number of hydrogen-bond donors (Lipinski definition) is 0. The first-order chi connectivity index (χ1) is 9.26. The molecular formula is C12H13N3S4. The molecule has 1 aromatic heterocycles. The van der Waals surface area contributed by atoms with Crippen molar-refractivity contribution in [2.45, 2.75) is 25.3 Å². The first-order valence-electron chi connectivity index (χ1n) is 5.41. The summed E-state index contributed by atoms with van der Waals surface area (Å²) in [5.41, 5.74) is 0. The Kier molecular flexibility index (Phi) is 5.87. The number of aromatic nitrogens is 3. The molecule has 0 aliphatic rings. The van der Waals surface area contributed by atoms with E-state index in [9.17, 15) is 0 Å². The lowest BCUT2D eigenvalue weighted by Gasteiger charge is -2.07. The van der Waals surface area contributed by atoms with Gasteiger partial charge in [0.05, 0.1) is 0 Å². The lowest BCUT2D eigenvalue weighted by Crippen LogP contribution is -1.96. The smallest absolute Gasteiger partial charge is 0.196 e. The van der Waals surface area contributed by atoms with Crippen molar-refractivity contribution in [1.82, 2.24) is 15.0 Å². The van der Waals surface area contributed by atoms with Crippen molar-refractivity contribution < 1.29 is 0 Å². The normalized spacial score (nSPS) is 10.7. The summed E-state index contributed by atoms with van der Waals surface area (Å²) >= 11 is 6.40. The zero-order valence-electron chi connectivity index (χ0n) is 10.8. The molecular weight excluding hydrogens is 314 g/mol. The average Bonchev–Trinajstić information content (AvgIpc) is 2.47. The second kappa shape index (κ2) is 7.42. The fourth-order valence-electron chi connectivity index (χ4n) is 1.35. The Morgan fingerprint density at radius 2 is 1.21 bits per heavy atom. The third kappa shape index (κ3) is 4.05. The van der Waals surface area contributed by atoms with Crippen molar-refractivity contribution in [3.63, 3.8) is 0 Å². The number of hydrogen-bond acceptors (Lipinski definition) is 7. The third-order valence-corrected chi connectivity index (χ3v) is 5.17. The first kappa shape index (κ1) is 15.0. The highest BCUT2D eigenvalue weighted by molar-refractivity contribution is 8.02. The van der Waals surface area contributed by atoms with Gasteiger partial charge >= 0.3 is 0 Å². The van der Waals surface area contributed by atoms with Gasteiger partial charge in [-0.05, 0) is 42.7 Å². The summed E-state index contributed by atoms with van der Waals surface area (Å²) in [6.07, 6.45) is 6.03. The van der Waals surface area contributed by atoms with E-state index in [2.05, 4.69) is 33.3 Å². The van der Waals surface area contributed by atoms with E-state index in [1.807, 2.05) is 24.6 Å². The highest BCUT2D eigenvalue weighted by Crippen LogP contribution is 2.33. The summed E-state index contributed by atoms with van der Waals surface area (Å²) < 4.78 is 0. The molecule has 0 bridgehead atoms. The van der Waals surface area contributed by atoms with Crippen LogP contribution in [-0.2, 0) is 0 Å². The Bertz CT molecular complexity index is 540. The fourth-order valence-corrected chi connectivity index (χ4v) is 3.87. The summed E-state index contributed by atoms with van der Waals surface area (Å²) in [7, 11) is 0. The van der Waals surface area contributed by atoms with Crippen molar-refractivity contribution in [1.29, 1.82) is 0 Å². The second-order valence-corrected chi connectivity index (χ2v) is 6.75. The number of rotatable bonds is 5. The molecule has 0 saturated heterocycles. The molecule has 0 aliphatic carbocycles. The van der Waals surface area contributed by atoms with Gasteiger partial charge in [-0.3, -0.25) is 0 Å². The molecule has 0 aliphatic heterocycles. The maximum Gasteiger partial charge on any atom is 0.197 e. The van der Waals surface area contributed by atoms with Crippen molar-refractivity contribution in [3.05, 3.63) is 24.3 Å². The maximum absolute atomic E-state index is 4.45. The van der Waals surface area contributed by atoms with Gasteiger partial charge in [-0.15, -0.1) is 11.8 Å². The van der Waals surface area contributed by atoms with E-state index < -0.39 is 0 Å². The second-order valence-electron chi connectivity index (χ2n) is 3.34. The van der Waals surface area contributed by atoms with Crippen molar-refractivity contribution >= 4 is 47.0 Å². The molecule has 100 valence electrons. The van der Waals surface area contributed by atoms with Crippen molar-refractivity contribution in [2.24, 2.45) is 0 Å². The van der Waals surface area contributed by atoms with Crippen LogP contribution in [0.1, 0.15) is 0 Å². The minimum atomic E-state index is 0.755. The highest BCUT2D eigenvalue weighted by atomic mass is 32.2. The van der Waals surface area contributed by atoms with Crippen LogP contribution in [0.2, 0.25) is 0 Å². The van der Waals surface area contributed by atoms with Crippen LogP contribution >= 0.6 is 47.0 Å². The zero-order valence-corrected chi connectivity index (χ0v) is 14.1. The van der Waals surface area contributed by atoms with E-state index in [-0.39, 0.29) is 0 Å². The SMILES string of the molecule is CSc1nc(SC)nc(Sc2ccccc2SC)n1. The molecule has 2 aromatic rings. The van der Waals surface area contributed by atoms with Gasteiger partial charge in [0.15, 0.2) is 15.5 Å². The van der Waals surface area contributed by atoms with Crippen LogP contribution in [0.5, 0.6) is 0 Å². The molecule has 1 heterocycles. The molecule has 1 aromatic carbocycles. The van der Waals surface area contributed by atoms with Crippen LogP contribution in [0.3, 0.4) is 0 Å². The fraction of sp³-hybridized carbons (Fsp3) is 0.250. The largest absolute Gasteiger partial charge is 0.197 e. The average molecular weight is 328 g/mol. The molecule has 0 unspecified atom stereocenters. The minimum absolute atomic E-state index is 0.755. The van der Waals surface area contributed by atoms with Gasteiger partial charge in [0.2, 0.25) is 0 Å². The lowest BCUT2D eigenvalue weighted by molar-refractivity contribution is 0.719. The molecule has 19 heavy (non-hydrogen) atoms. The Morgan fingerprint density at radius 3 is 1.74 bits per heavy atom. The van der Waals surface area contributed by atoms with E-state index >= 15 is 0 Å². The molecule has 3 nitrogen and oxygen atoms in total. The van der Waals surface area contributed by atoms with E-state index in [1.165, 1.54) is 33.3 Å². The molecule has 0 spiro atoms. The van der Waals surface area contributed by atoms with Gasteiger partial charge in [-0.2, -0.15) is 15.0 Å². The van der Waals surface area contributed by atoms with E-state index in [0.29, 0.717) is 0 Å². The quantitative estimate of drug-likeness (QED) is 0.762. The van der Waals surface area contributed by atoms with Gasteiger partial charge in [0, 0.05) is 9.79 Å². The van der Waals surface area contributed by atoms with E-state index in [4.69, 9.17) is 0 Å². The molecule has 0 atom stereocenters. The third-order valence-electron chi connectivity index (χ3n) is 2.21. The Labute approximate surface area is 130 Å². The predicted octanol–water partition coefficient (Wildman–Crippen LogP) is 4.19. The summed E-state index contributed by atoms with van der Waals surface area (Å²) in [6, 6.07) is 8.29. The van der Waals surface area contributed by atoms with Gasteiger partial charge in [0.25, 0.3) is 0 Å². The summed E-state index contributed by atoms with van der Waals surface area (Å²) in [4.78, 5) is 15.7. The van der Waals surface area contributed by atoms with Gasteiger partial charge in [-0.25, -0.2) is 0 Å². The number of benzene rings is 1. The topological polar surface area (TPSA) is 38.7 Å². The Morgan fingerprint density at radius 1 is 0.684 bits per heavy atom. The van der Waals surface area contributed by atoms with Crippen LogP contribution in [0.25, 0.3) is 0 Å². The summed E-state index contributed by atoms with van der Waals surface area (Å²) in [5.74, 6) is 0. The monoisotopic (exact) mass is 327 g/mol. The van der Waals surface area contributed by atoms with Crippen LogP contribution in [0.4, 0.5) is 0 Å². The predicted molar refractivity (Wildman–Crippen MR) is 85.7 cm³/mol. The first-order valence-corrected chi connectivity index (χ1v) is 9.91. The molecule has 0 radical (unpaired) electrons. The van der Waals surface area contributed by atoms with Gasteiger partial charge < -0.3 is 0 Å². The summed E-state index contributed by atoms with van der Waals surface area (Å²) in [5, 5.41) is 2.29.